The Morgan fingerprint density at radius 1 is 1.29 bits per heavy atom. The molecule has 0 radical (unpaired) electrons. The molecule has 7 nitrogen and oxygen atoms in total. The highest BCUT2D eigenvalue weighted by Gasteiger charge is 2.47. The summed E-state index contributed by atoms with van der Waals surface area (Å²) < 4.78 is 0. The molecule has 1 saturated carbocycles. The molecule has 4 rings (SSSR count). The number of carboxylic acid groups (broad SMARTS) is 1. The van der Waals surface area contributed by atoms with Gasteiger partial charge in [0.2, 0.25) is 5.95 Å². The summed E-state index contributed by atoms with van der Waals surface area (Å²) >= 11 is 1.63. The van der Waals surface area contributed by atoms with E-state index < -0.39 is 11.6 Å². The number of hydrogen-bond donors (Lipinski definition) is 3. The van der Waals surface area contributed by atoms with Crippen LogP contribution in [-0.2, 0) is 4.79 Å². The summed E-state index contributed by atoms with van der Waals surface area (Å²) in [5, 5.41) is 23.7. The molecule has 0 saturated heterocycles. The Labute approximate surface area is 186 Å². The smallest absolute Gasteiger partial charge is 0.306 e. The largest absolute Gasteiger partial charge is 0.481 e. The molecule has 0 bridgehead atoms. The highest BCUT2D eigenvalue weighted by atomic mass is 32.2. The summed E-state index contributed by atoms with van der Waals surface area (Å²) in [6.45, 7) is 5.88. The molecule has 3 N–H and O–H groups in total. The Morgan fingerprint density at radius 3 is 2.81 bits per heavy atom. The van der Waals surface area contributed by atoms with Crippen molar-refractivity contribution in [1.82, 2.24) is 9.97 Å². The lowest BCUT2D eigenvalue weighted by atomic mass is 9.72. The highest BCUT2D eigenvalue weighted by Crippen LogP contribution is 2.48. The van der Waals surface area contributed by atoms with Gasteiger partial charge >= 0.3 is 5.97 Å². The highest BCUT2D eigenvalue weighted by molar-refractivity contribution is 8.01. The molecule has 8 heteroatoms. The van der Waals surface area contributed by atoms with Gasteiger partial charge in [0.05, 0.1) is 16.8 Å². The maximum Gasteiger partial charge on any atom is 0.306 e. The van der Waals surface area contributed by atoms with Crippen molar-refractivity contribution in [3.8, 4) is 0 Å². The number of carboxylic acids is 1. The Kier molecular flexibility index (Phi) is 6.03. The van der Waals surface area contributed by atoms with Crippen LogP contribution in [0.25, 0.3) is 0 Å². The zero-order valence-electron chi connectivity index (χ0n) is 17.9. The second kappa shape index (κ2) is 8.59. The number of thioether (sulfide) groups is 1. The summed E-state index contributed by atoms with van der Waals surface area (Å²) in [5.41, 5.74) is 3.04. The van der Waals surface area contributed by atoms with Crippen molar-refractivity contribution in [3.05, 3.63) is 47.3 Å². The summed E-state index contributed by atoms with van der Waals surface area (Å²) in [6, 6.07) is 8.10. The van der Waals surface area contributed by atoms with E-state index in [1.54, 1.807) is 18.0 Å². The minimum Gasteiger partial charge on any atom is -0.481 e. The first-order valence-electron chi connectivity index (χ1n) is 10.6. The molecule has 5 unspecified atom stereocenters. The molecule has 2 aliphatic rings. The zero-order valence-corrected chi connectivity index (χ0v) is 18.8. The maximum absolute atomic E-state index is 11.4. The summed E-state index contributed by atoms with van der Waals surface area (Å²) in [7, 11) is 0. The molecular formula is C23H28N4O3S. The van der Waals surface area contributed by atoms with Gasteiger partial charge in [0, 0.05) is 23.8 Å². The van der Waals surface area contributed by atoms with Crippen molar-refractivity contribution in [2.24, 2.45) is 16.8 Å². The second-order valence-corrected chi connectivity index (χ2v) is 9.98. The van der Waals surface area contributed by atoms with Crippen LogP contribution in [0.1, 0.15) is 48.3 Å². The van der Waals surface area contributed by atoms with E-state index in [2.05, 4.69) is 32.4 Å². The topological polar surface area (TPSA) is 108 Å². The van der Waals surface area contributed by atoms with Gasteiger partial charge in [-0.25, -0.2) is 9.97 Å². The van der Waals surface area contributed by atoms with Gasteiger partial charge in [-0.2, -0.15) is 0 Å². The molecule has 1 aliphatic carbocycles. The van der Waals surface area contributed by atoms with Gasteiger partial charge in [0.15, 0.2) is 0 Å². The van der Waals surface area contributed by atoms with Gasteiger partial charge in [0.1, 0.15) is 5.37 Å². The van der Waals surface area contributed by atoms with E-state index in [1.165, 1.54) is 0 Å². The Hall–Kier alpha value is -2.45. The maximum atomic E-state index is 11.4. The number of anilines is 2. The molecule has 1 aliphatic heterocycles. The van der Waals surface area contributed by atoms with Gasteiger partial charge in [-0.1, -0.05) is 13.0 Å². The fourth-order valence-corrected chi connectivity index (χ4v) is 5.89. The lowest BCUT2D eigenvalue weighted by Crippen LogP contribution is -2.46. The number of rotatable bonds is 5. The third kappa shape index (κ3) is 4.75. The lowest BCUT2D eigenvalue weighted by molar-refractivity contribution is -0.147. The summed E-state index contributed by atoms with van der Waals surface area (Å²) in [4.78, 5) is 24.7. The number of aliphatic hydroxyl groups is 1. The number of nitrogens with zero attached hydrogens (tertiary/aromatic N) is 3. The van der Waals surface area contributed by atoms with Crippen LogP contribution in [0.2, 0.25) is 0 Å². The second-order valence-electron chi connectivity index (χ2n) is 8.75. The number of hydrogen-bond acceptors (Lipinski definition) is 7. The molecule has 2 aromatic rings. The SMILES string of the molecule is Cc1cc(Nc2nccc(C)n2)cc(C2C=NC(C3(O)CCC(C(=O)O)C(C)C3)S2)c1. The molecule has 164 valence electrons. The number of carbonyl (C=O) groups is 1. The van der Waals surface area contributed by atoms with Crippen molar-refractivity contribution < 1.29 is 15.0 Å². The van der Waals surface area contributed by atoms with E-state index >= 15 is 0 Å². The first-order chi connectivity index (χ1) is 14.7. The van der Waals surface area contributed by atoms with E-state index in [4.69, 9.17) is 0 Å². The fourth-order valence-electron chi connectivity index (χ4n) is 4.57. The molecule has 0 amide bonds. The van der Waals surface area contributed by atoms with Crippen LogP contribution in [0.5, 0.6) is 0 Å². The van der Waals surface area contributed by atoms with E-state index in [0.29, 0.717) is 25.2 Å². The van der Waals surface area contributed by atoms with Gasteiger partial charge in [-0.3, -0.25) is 9.79 Å². The van der Waals surface area contributed by atoms with Crippen molar-refractivity contribution in [1.29, 1.82) is 0 Å². The van der Waals surface area contributed by atoms with Crippen LogP contribution in [-0.4, -0.2) is 43.3 Å². The van der Waals surface area contributed by atoms with Crippen LogP contribution in [0, 0.1) is 25.7 Å². The zero-order chi connectivity index (χ0) is 22.2. The molecular weight excluding hydrogens is 412 g/mol. The first-order valence-corrected chi connectivity index (χ1v) is 11.5. The van der Waals surface area contributed by atoms with Crippen LogP contribution in [0.3, 0.4) is 0 Å². The van der Waals surface area contributed by atoms with Crippen LogP contribution in [0.15, 0.2) is 35.5 Å². The minimum absolute atomic E-state index is 0.0282. The summed E-state index contributed by atoms with van der Waals surface area (Å²) in [6.07, 6.45) is 5.03. The molecule has 5 atom stereocenters. The third-order valence-electron chi connectivity index (χ3n) is 6.14. The van der Waals surface area contributed by atoms with Gasteiger partial charge in [0.25, 0.3) is 0 Å². The lowest BCUT2D eigenvalue weighted by Gasteiger charge is -2.41. The Morgan fingerprint density at radius 2 is 2.10 bits per heavy atom. The number of aliphatic carboxylic acids is 1. The average Bonchev–Trinajstić information content (AvgIpc) is 3.18. The van der Waals surface area contributed by atoms with Gasteiger partial charge in [-0.15, -0.1) is 11.8 Å². The number of nitrogens with one attached hydrogen (secondary N) is 1. The molecule has 1 aromatic carbocycles. The van der Waals surface area contributed by atoms with E-state index in [1.807, 2.05) is 39.1 Å². The van der Waals surface area contributed by atoms with Crippen LogP contribution in [0.4, 0.5) is 11.6 Å². The normalized spacial score (nSPS) is 30.3. The van der Waals surface area contributed by atoms with Crippen molar-refractivity contribution >= 4 is 35.6 Å². The molecule has 1 fully saturated rings. The van der Waals surface area contributed by atoms with Gasteiger partial charge < -0.3 is 15.5 Å². The van der Waals surface area contributed by atoms with Crippen molar-refractivity contribution in [2.75, 3.05) is 5.32 Å². The predicted molar refractivity (Wildman–Crippen MR) is 123 cm³/mol. The predicted octanol–water partition coefficient (Wildman–Crippen LogP) is 4.27. The number of benzene rings is 1. The number of aromatic nitrogens is 2. The van der Waals surface area contributed by atoms with E-state index in [0.717, 1.165) is 22.5 Å². The Bertz CT molecular complexity index is 1010. The Balaban J connectivity index is 1.48. The van der Waals surface area contributed by atoms with Crippen molar-refractivity contribution in [2.45, 2.75) is 56.3 Å². The number of aryl methyl sites for hydroxylation is 2. The molecule has 2 heterocycles. The van der Waals surface area contributed by atoms with Gasteiger partial charge in [-0.05, 0) is 68.4 Å². The monoisotopic (exact) mass is 440 g/mol. The van der Waals surface area contributed by atoms with Crippen molar-refractivity contribution in [3.63, 3.8) is 0 Å². The van der Waals surface area contributed by atoms with E-state index in [9.17, 15) is 15.0 Å². The summed E-state index contributed by atoms with van der Waals surface area (Å²) in [5.74, 6) is -0.677. The third-order valence-corrected chi connectivity index (χ3v) is 7.64. The van der Waals surface area contributed by atoms with Crippen LogP contribution < -0.4 is 5.32 Å². The van der Waals surface area contributed by atoms with Crippen LogP contribution >= 0.6 is 11.8 Å². The first kappa shape index (κ1) is 21.8. The number of aliphatic imine (C=N–C) groups is 1. The standard InChI is InChI=1S/C23H28N4O3S/c1-13-8-16(10-17(9-13)27-22-24-7-5-15(3)26-22)19-12-25-21(31-19)23(30)6-4-18(20(28)29)14(2)11-23/h5,7-10,12,14,18-19,21,30H,4,6,11H2,1-3H3,(H,28,29)(H,24,26,27). The minimum atomic E-state index is -0.971. The van der Waals surface area contributed by atoms with E-state index in [-0.39, 0.29) is 22.5 Å². The quantitative estimate of drug-likeness (QED) is 0.637. The molecule has 0 spiro atoms. The fraction of sp³-hybridized carbons (Fsp3) is 0.478. The molecule has 1 aromatic heterocycles. The average molecular weight is 441 g/mol. The molecule has 31 heavy (non-hydrogen) atoms.